The Bertz CT molecular complexity index is 1140. The van der Waals surface area contributed by atoms with E-state index in [1.54, 1.807) is 19.1 Å². The van der Waals surface area contributed by atoms with E-state index in [0.717, 1.165) is 0 Å². The third kappa shape index (κ3) is 5.25. The van der Waals surface area contributed by atoms with Crippen molar-refractivity contribution in [2.24, 2.45) is 0 Å². The molecule has 0 saturated heterocycles. The highest BCUT2D eigenvalue weighted by Crippen LogP contribution is 2.22. The first kappa shape index (κ1) is 20.6. The molecule has 3 rings (SSSR count). The third-order valence-electron chi connectivity index (χ3n) is 4.19. The van der Waals surface area contributed by atoms with Crippen LogP contribution in [0.25, 0.3) is 11.3 Å². The van der Waals surface area contributed by atoms with E-state index in [1.165, 1.54) is 30.5 Å². The Labute approximate surface area is 170 Å². The Morgan fingerprint density at radius 2 is 1.83 bits per heavy atom. The Morgan fingerprint density at radius 1 is 1.07 bits per heavy atom. The number of aryl methyl sites for hydroxylation is 1. The molecule has 0 aromatic carbocycles. The zero-order valence-corrected chi connectivity index (χ0v) is 15.9. The predicted octanol–water partition coefficient (Wildman–Crippen LogP) is 1.98. The van der Waals surface area contributed by atoms with E-state index in [1.807, 2.05) is 0 Å². The Morgan fingerprint density at radius 3 is 2.50 bits per heavy atom. The van der Waals surface area contributed by atoms with Gasteiger partial charge in [-0.3, -0.25) is 9.59 Å². The highest BCUT2D eigenvalue weighted by molar-refractivity contribution is 5.93. The van der Waals surface area contributed by atoms with Crippen molar-refractivity contribution in [1.29, 1.82) is 0 Å². The van der Waals surface area contributed by atoms with Crippen LogP contribution in [0.4, 0.5) is 9.18 Å². The van der Waals surface area contributed by atoms with Gasteiger partial charge in [0.1, 0.15) is 5.69 Å². The zero-order valence-electron chi connectivity index (χ0n) is 15.9. The number of halogens is 1. The molecule has 0 aliphatic carbocycles. The Balaban J connectivity index is 1.90. The molecular formula is C20H18FN5O4. The minimum Gasteiger partial charge on any atom is -0.465 e. The number of carboxylic acid groups (broad SMARTS) is 1. The molecule has 154 valence electrons. The van der Waals surface area contributed by atoms with Crippen LogP contribution in [0.3, 0.4) is 0 Å². The van der Waals surface area contributed by atoms with Gasteiger partial charge >= 0.3 is 6.09 Å². The smallest absolute Gasteiger partial charge is 0.404 e. The third-order valence-corrected chi connectivity index (χ3v) is 4.19. The molecule has 10 heteroatoms. The molecule has 0 radical (unpaired) electrons. The van der Waals surface area contributed by atoms with Gasteiger partial charge in [0.2, 0.25) is 11.5 Å². The average molecular weight is 411 g/mol. The van der Waals surface area contributed by atoms with Crippen LogP contribution >= 0.6 is 0 Å². The summed E-state index contributed by atoms with van der Waals surface area (Å²) in [5.74, 6) is -1.13. The van der Waals surface area contributed by atoms with Gasteiger partial charge in [-0.05, 0) is 42.3 Å². The second kappa shape index (κ2) is 8.95. The molecule has 9 nitrogen and oxygen atoms in total. The van der Waals surface area contributed by atoms with Gasteiger partial charge in [0.25, 0.3) is 5.91 Å². The number of H-pyrrole nitrogens is 1. The standard InChI is InChI=1S/C20H18FN5O4/c1-11-14(3-4-17(21)25-11)15-6-13(10-24-20(29)30)7-16(26-15)19(28)23-9-12-2-5-18(27)22-8-12/h2-8,24H,9-10H2,1H3,(H,22,27)(H,23,28)(H,29,30). The van der Waals surface area contributed by atoms with Crippen molar-refractivity contribution >= 4 is 12.0 Å². The van der Waals surface area contributed by atoms with Crippen molar-refractivity contribution in [2.75, 3.05) is 0 Å². The molecule has 0 spiro atoms. The second-order valence-electron chi connectivity index (χ2n) is 6.42. The Hall–Kier alpha value is -4.08. The summed E-state index contributed by atoms with van der Waals surface area (Å²) in [6.07, 6.45) is 0.277. The first-order valence-corrected chi connectivity index (χ1v) is 8.89. The quantitative estimate of drug-likeness (QED) is 0.458. The maximum atomic E-state index is 13.4. The van der Waals surface area contributed by atoms with Gasteiger partial charge in [-0.1, -0.05) is 6.07 Å². The number of pyridine rings is 3. The molecule has 0 atom stereocenters. The van der Waals surface area contributed by atoms with E-state index in [0.29, 0.717) is 28.1 Å². The molecular weight excluding hydrogens is 393 g/mol. The van der Waals surface area contributed by atoms with Crippen molar-refractivity contribution in [1.82, 2.24) is 25.6 Å². The van der Waals surface area contributed by atoms with Gasteiger partial charge < -0.3 is 20.7 Å². The van der Waals surface area contributed by atoms with Gasteiger partial charge in [-0.25, -0.2) is 14.8 Å². The Kier molecular flexibility index (Phi) is 6.16. The fraction of sp³-hybridized carbons (Fsp3) is 0.150. The summed E-state index contributed by atoms with van der Waals surface area (Å²) in [6.45, 7) is 1.72. The number of amides is 2. The summed E-state index contributed by atoms with van der Waals surface area (Å²) in [5, 5.41) is 13.8. The molecule has 0 unspecified atom stereocenters. The van der Waals surface area contributed by atoms with E-state index in [4.69, 9.17) is 5.11 Å². The average Bonchev–Trinajstić information content (AvgIpc) is 2.71. The maximum absolute atomic E-state index is 13.4. The van der Waals surface area contributed by atoms with Crippen molar-refractivity contribution < 1.29 is 19.1 Å². The molecule has 2 amide bonds. The lowest BCUT2D eigenvalue weighted by Crippen LogP contribution is -2.25. The number of carbonyl (C=O) groups excluding carboxylic acids is 1. The van der Waals surface area contributed by atoms with Crippen LogP contribution in [0, 0.1) is 12.9 Å². The molecule has 3 aromatic rings. The number of carbonyl (C=O) groups is 2. The minimum absolute atomic E-state index is 0.0429. The van der Waals surface area contributed by atoms with E-state index < -0.39 is 17.9 Å². The summed E-state index contributed by atoms with van der Waals surface area (Å²) >= 11 is 0. The van der Waals surface area contributed by atoms with Crippen LogP contribution in [-0.2, 0) is 13.1 Å². The predicted molar refractivity (Wildman–Crippen MR) is 105 cm³/mol. The van der Waals surface area contributed by atoms with Crippen molar-refractivity contribution in [3.8, 4) is 11.3 Å². The molecule has 3 heterocycles. The van der Waals surface area contributed by atoms with Crippen LogP contribution in [0.15, 0.2) is 47.4 Å². The summed E-state index contributed by atoms with van der Waals surface area (Å²) in [6, 6.07) is 8.68. The van der Waals surface area contributed by atoms with Crippen LogP contribution < -0.4 is 16.2 Å². The monoisotopic (exact) mass is 411 g/mol. The largest absolute Gasteiger partial charge is 0.465 e. The summed E-state index contributed by atoms with van der Waals surface area (Å²) in [5.41, 5.74) is 2.25. The summed E-state index contributed by atoms with van der Waals surface area (Å²) in [7, 11) is 0. The van der Waals surface area contributed by atoms with Gasteiger partial charge in [0.15, 0.2) is 0 Å². The minimum atomic E-state index is -1.21. The number of hydrogen-bond acceptors (Lipinski definition) is 5. The molecule has 0 aliphatic heterocycles. The number of aromatic amines is 1. The van der Waals surface area contributed by atoms with Crippen LogP contribution in [0.1, 0.15) is 27.3 Å². The number of rotatable bonds is 6. The molecule has 0 aliphatic rings. The van der Waals surface area contributed by atoms with Gasteiger partial charge in [-0.2, -0.15) is 4.39 Å². The first-order chi connectivity index (χ1) is 14.3. The summed E-state index contributed by atoms with van der Waals surface area (Å²) in [4.78, 5) is 45.2. The number of nitrogens with one attached hydrogen (secondary N) is 3. The topological polar surface area (TPSA) is 137 Å². The van der Waals surface area contributed by atoms with Crippen LogP contribution in [0.5, 0.6) is 0 Å². The number of hydrogen-bond donors (Lipinski definition) is 4. The normalized spacial score (nSPS) is 10.5. The highest BCUT2D eigenvalue weighted by Gasteiger charge is 2.14. The molecule has 4 N–H and O–H groups in total. The van der Waals surface area contributed by atoms with E-state index in [9.17, 15) is 18.8 Å². The fourth-order valence-corrected chi connectivity index (χ4v) is 2.75. The molecule has 3 aromatic heterocycles. The van der Waals surface area contributed by atoms with Gasteiger partial charge in [0.05, 0.1) is 5.69 Å². The molecule has 30 heavy (non-hydrogen) atoms. The lowest BCUT2D eigenvalue weighted by molar-refractivity contribution is 0.0946. The van der Waals surface area contributed by atoms with Gasteiger partial charge in [0, 0.05) is 36.6 Å². The molecule has 0 fully saturated rings. The zero-order chi connectivity index (χ0) is 21.7. The lowest BCUT2D eigenvalue weighted by atomic mass is 10.1. The van der Waals surface area contributed by atoms with Crippen molar-refractivity contribution in [3.63, 3.8) is 0 Å². The first-order valence-electron chi connectivity index (χ1n) is 8.89. The second-order valence-corrected chi connectivity index (χ2v) is 6.42. The van der Waals surface area contributed by atoms with E-state index >= 15 is 0 Å². The number of nitrogens with zero attached hydrogens (tertiary/aromatic N) is 2. The fourth-order valence-electron chi connectivity index (χ4n) is 2.75. The SMILES string of the molecule is Cc1nc(F)ccc1-c1cc(CNC(=O)O)cc(C(=O)NCc2ccc(=O)[nH]c2)n1. The molecule has 0 saturated carbocycles. The maximum Gasteiger partial charge on any atom is 0.404 e. The van der Waals surface area contributed by atoms with Crippen molar-refractivity contribution in [2.45, 2.75) is 20.0 Å². The summed E-state index contributed by atoms with van der Waals surface area (Å²) < 4.78 is 13.4. The number of aromatic nitrogens is 3. The highest BCUT2D eigenvalue weighted by atomic mass is 19.1. The van der Waals surface area contributed by atoms with E-state index in [2.05, 4.69) is 25.6 Å². The van der Waals surface area contributed by atoms with Crippen LogP contribution in [-0.4, -0.2) is 32.1 Å². The van der Waals surface area contributed by atoms with Gasteiger partial charge in [-0.15, -0.1) is 0 Å². The van der Waals surface area contributed by atoms with E-state index in [-0.39, 0.29) is 24.3 Å². The molecule has 0 bridgehead atoms. The van der Waals surface area contributed by atoms with Crippen molar-refractivity contribution in [3.05, 3.63) is 81.4 Å². The lowest BCUT2D eigenvalue weighted by Gasteiger charge is -2.11. The van der Waals surface area contributed by atoms with Crippen LogP contribution in [0.2, 0.25) is 0 Å².